The second-order valence-corrected chi connectivity index (χ2v) is 9.34. The minimum absolute atomic E-state index is 0.0479. The van der Waals surface area contributed by atoms with Crippen molar-refractivity contribution in [1.29, 1.82) is 0 Å². The largest absolute Gasteiger partial charge is 0.507 e. The number of methoxy groups -OCH3 is 1. The highest BCUT2D eigenvalue weighted by atomic mass is 16.6. The number of benzene rings is 5. The van der Waals surface area contributed by atoms with Gasteiger partial charge in [-0.1, -0.05) is 24.3 Å². The number of carbonyl (C=O) groups is 2. The van der Waals surface area contributed by atoms with Gasteiger partial charge < -0.3 is 25.2 Å². The normalized spacial score (nSPS) is 10.6. The number of nitro groups is 2. The minimum atomic E-state index is -0.842. The molecule has 0 aliphatic rings. The number of ether oxygens (including phenoxy) is 2. The molecule has 0 bridgehead atoms. The highest BCUT2D eigenvalue weighted by Crippen LogP contribution is 2.38. The molecule has 13 nitrogen and oxygen atoms in total. The summed E-state index contributed by atoms with van der Waals surface area (Å²) in [5, 5.41) is 40.8. The molecular formula is C31H22N4O9. The van der Waals surface area contributed by atoms with Gasteiger partial charge in [-0.2, -0.15) is 0 Å². The molecule has 0 heterocycles. The van der Waals surface area contributed by atoms with E-state index in [0.717, 1.165) is 22.9 Å². The van der Waals surface area contributed by atoms with Gasteiger partial charge in [0.1, 0.15) is 22.8 Å². The van der Waals surface area contributed by atoms with E-state index in [1.165, 1.54) is 43.5 Å². The molecule has 0 saturated carbocycles. The van der Waals surface area contributed by atoms with Crippen molar-refractivity contribution in [2.75, 3.05) is 17.7 Å². The number of amides is 1. The van der Waals surface area contributed by atoms with Gasteiger partial charge in [0.05, 0.1) is 22.5 Å². The van der Waals surface area contributed by atoms with Crippen LogP contribution in [0, 0.1) is 20.2 Å². The summed E-state index contributed by atoms with van der Waals surface area (Å²) < 4.78 is 10.4. The summed E-state index contributed by atoms with van der Waals surface area (Å²) in [6.07, 6.45) is 0. The van der Waals surface area contributed by atoms with Crippen molar-refractivity contribution >= 4 is 51.1 Å². The van der Waals surface area contributed by atoms with Crippen molar-refractivity contribution in [3.05, 3.63) is 128 Å². The number of carbonyl (C=O) groups excluding carboxylic acids is 2. The number of aromatic hydroxyl groups is 1. The third-order valence-corrected chi connectivity index (χ3v) is 6.52. The van der Waals surface area contributed by atoms with Gasteiger partial charge in [-0.25, -0.2) is 4.79 Å². The lowest BCUT2D eigenvalue weighted by molar-refractivity contribution is -0.392. The molecule has 0 unspecified atom stereocenters. The van der Waals surface area contributed by atoms with E-state index >= 15 is 0 Å². The van der Waals surface area contributed by atoms with Crippen LogP contribution in [0.2, 0.25) is 0 Å². The van der Waals surface area contributed by atoms with Crippen molar-refractivity contribution in [3.8, 4) is 17.2 Å². The van der Waals surface area contributed by atoms with Crippen LogP contribution < -0.4 is 20.1 Å². The maximum absolute atomic E-state index is 12.8. The van der Waals surface area contributed by atoms with E-state index in [0.29, 0.717) is 11.4 Å². The first kappa shape index (κ1) is 29.0. The molecule has 0 saturated heterocycles. The van der Waals surface area contributed by atoms with Gasteiger partial charge in [-0.15, -0.1) is 0 Å². The number of phenolic OH excluding ortho intramolecular Hbond substituents is 1. The van der Waals surface area contributed by atoms with E-state index in [-0.39, 0.29) is 28.3 Å². The highest BCUT2D eigenvalue weighted by molar-refractivity contribution is 6.06. The molecule has 13 heteroatoms. The molecule has 5 rings (SSSR count). The Hall–Kier alpha value is -6.50. The lowest BCUT2D eigenvalue weighted by atomic mass is 10.1. The molecule has 220 valence electrons. The molecule has 5 aromatic rings. The Kier molecular flexibility index (Phi) is 8.02. The number of hydrogen-bond acceptors (Lipinski definition) is 10. The topological polar surface area (TPSA) is 183 Å². The minimum Gasteiger partial charge on any atom is -0.507 e. The zero-order valence-corrected chi connectivity index (χ0v) is 22.8. The monoisotopic (exact) mass is 594 g/mol. The molecule has 0 atom stereocenters. The van der Waals surface area contributed by atoms with Gasteiger partial charge in [-0.3, -0.25) is 25.0 Å². The summed E-state index contributed by atoms with van der Waals surface area (Å²) in [5.41, 5.74) is -1.67. The van der Waals surface area contributed by atoms with Gasteiger partial charge in [0, 0.05) is 23.5 Å². The number of hydrogen-bond donors (Lipinski definition) is 3. The molecule has 0 aliphatic carbocycles. The van der Waals surface area contributed by atoms with E-state index in [4.69, 9.17) is 9.47 Å². The number of nitro benzene ring substituents is 2. The third-order valence-electron chi connectivity index (χ3n) is 6.52. The zero-order valence-electron chi connectivity index (χ0n) is 22.8. The van der Waals surface area contributed by atoms with Crippen molar-refractivity contribution in [3.63, 3.8) is 0 Å². The number of nitrogens with zero attached hydrogens (tertiary/aromatic N) is 2. The summed E-state index contributed by atoms with van der Waals surface area (Å²) in [6, 6.07) is 23.8. The molecule has 0 aromatic heterocycles. The Labute approximate surface area is 248 Å². The van der Waals surface area contributed by atoms with Crippen molar-refractivity contribution in [1.82, 2.24) is 0 Å². The van der Waals surface area contributed by atoms with Crippen LogP contribution in [0.4, 0.5) is 28.4 Å². The summed E-state index contributed by atoms with van der Waals surface area (Å²) in [6.45, 7) is 0. The predicted octanol–water partition coefficient (Wildman–Crippen LogP) is 6.59. The van der Waals surface area contributed by atoms with E-state index in [9.17, 15) is 34.9 Å². The first-order valence-electron chi connectivity index (χ1n) is 12.9. The molecule has 3 N–H and O–H groups in total. The second kappa shape index (κ2) is 12.2. The van der Waals surface area contributed by atoms with E-state index in [1.54, 1.807) is 48.5 Å². The molecular weight excluding hydrogens is 572 g/mol. The SMILES string of the molecule is COc1ccc(NC(=O)c2cc([N+](=O)[O-])c(Nc3ccc(OC(=O)c4cc5ccccc5cc4O)cc3)c([N+](=O)[O-])c2)cc1. The van der Waals surface area contributed by atoms with Crippen LogP contribution in [0.5, 0.6) is 17.2 Å². The van der Waals surface area contributed by atoms with Gasteiger partial charge in [0.15, 0.2) is 5.69 Å². The maximum atomic E-state index is 12.8. The lowest BCUT2D eigenvalue weighted by Gasteiger charge is -2.11. The van der Waals surface area contributed by atoms with Crippen LogP contribution in [0.3, 0.4) is 0 Å². The smallest absolute Gasteiger partial charge is 0.347 e. The molecule has 0 spiro atoms. The van der Waals surface area contributed by atoms with Crippen LogP contribution in [-0.4, -0.2) is 33.9 Å². The molecule has 0 fully saturated rings. The fourth-order valence-corrected chi connectivity index (χ4v) is 4.34. The van der Waals surface area contributed by atoms with Crippen molar-refractivity contribution < 1.29 is 34.0 Å². The van der Waals surface area contributed by atoms with Crippen LogP contribution in [-0.2, 0) is 0 Å². The first-order chi connectivity index (χ1) is 21.1. The van der Waals surface area contributed by atoms with E-state index in [2.05, 4.69) is 10.6 Å². The Morgan fingerprint density at radius 1 is 0.750 bits per heavy atom. The molecule has 0 radical (unpaired) electrons. The standard InChI is InChI=1S/C31H22N4O9/c1-43-23-10-6-22(7-11-23)33-30(37)20-15-26(34(39)40)29(27(16-20)35(41)42)32-21-8-12-24(13-9-21)44-31(38)25-14-18-4-2-3-5-19(18)17-28(25)36/h2-17,32,36H,1H3,(H,33,37). The molecule has 5 aromatic carbocycles. The fraction of sp³-hybridized carbons (Fsp3) is 0.0323. The Balaban J connectivity index is 1.37. The average molecular weight is 595 g/mol. The lowest BCUT2D eigenvalue weighted by Crippen LogP contribution is -2.13. The first-order valence-corrected chi connectivity index (χ1v) is 12.9. The van der Waals surface area contributed by atoms with Gasteiger partial charge in [-0.05, 0) is 71.4 Å². The second-order valence-electron chi connectivity index (χ2n) is 9.34. The number of nitrogens with one attached hydrogen (secondary N) is 2. The van der Waals surface area contributed by atoms with Crippen LogP contribution in [0.15, 0.2) is 97.1 Å². The molecule has 1 amide bonds. The predicted molar refractivity (Wildman–Crippen MR) is 161 cm³/mol. The van der Waals surface area contributed by atoms with Crippen molar-refractivity contribution in [2.45, 2.75) is 0 Å². The Morgan fingerprint density at radius 2 is 1.30 bits per heavy atom. The number of esters is 1. The van der Waals surface area contributed by atoms with Gasteiger partial charge in [0.2, 0.25) is 0 Å². The van der Waals surface area contributed by atoms with Crippen LogP contribution >= 0.6 is 0 Å². The Bertz CT molecular complexity index is 1890. The summed E-state index contributed by atoms with van der Waals surface area (Å²) in [4.78, 5) is 47.8. The number of anilines is 3. The number of fused-ring (bicyclic) bond motifs is 1. The quantitative estimate of drug-likeness (QED) is 0.0728. The number of phenols is 1. The summed E-state index contributed by atoms with van der Waals surface area (Å²) in [7, 11) is 1.48. The highest BCUT2D eigenvalue weighted by Gasteiger charge is 2.29. The molecule has 44 heavy (non-hydrogen) atoms. The zero-order chi connectivity index (χ0) is 31.4. The summed E-state index contributed by atoms with van der Waals surface area (Å²) >= 11 is 0. The van der Waals surface area contributed by atoms with E-state index in [1.807, 2.05) is 0 Å². The maximum Gasteiger partial charge on any atom is 0.347 e. The molecule has 0 aliphatic heterocycles. The van der Waals surface area contributed by atoms with Gasteiger partial charge >= 0.3 is 17.3 Å². The van der Waals surface area contributed by atoms with E-state index < -0.39 is 38.8 Å². The number of rotatable bonds is 9. The van der Waals surface area contributed by atoms with Crippen molar-refractivity contribution in [2.24, 2.45) is 0 Å². The fourth-order valence-electron chi connectivity index (χ4n) is 4.34. The Morgan fingerprint density at radius 3 is 1.86 bits per heavy atom. The van der Waals surface area contributed by atoms with Gasteiger partial charge in [0.25, 0.3) is 5.91 Å². The third kappa shape index (κ3) is 6.21. The van der Waals surface area contributed by atoms with Crippen LogP contribution in [0.1, 0.15) is 20.7 Å². The average Bonchev–Trinajstić information content (AvgIpc) is 3.01. The van der Waals surface area contributed by atoms with Crippen LogP contribution in [0.25, 0.3) is 10.8 Å². The summed E-state index contributed by atoms with van der Waals surface area (Å²) in [5.74, 6) is -1.24.